The van der Waals surface area contributed by atoms with Crippen LogP contribution in [0.5, 0.6) is 11.5 Å². The molecular weight excluding hydrogens is 416 g/mol. The number of nitrogens with zero attached hydrogens (tertiary/aromatic N) is 2. The number of hydrogen-bond acceptors (Lipinski definition) is 7. The molecule has 0 saturated heterocycles. The van der Waals surface area contributed by atoms with Gasteiger partial charge in [-0.15, -0.1) is 0 Å². The van der Waals surface area contributed by atoms with E-state index in [1.807, 2.05) is 0 Å². The Kier molecular flexibility index (Phi) is 7.70. The molecular formula is C19H19ClN4O6. The maximum absolute atomic E-state index is 12.2. The molecule has 0 saturated carbocycles. The molecule has 0 aliphatic carbocycles. The standard InChI is InChI=1S/C19H19ClN4O6/c1-11(8-18(25)21-15-10-13(24(27)28)5-6-14(15)20)22-23-19(26)12-4-7-16(29-2)17(9-12)30-3/h4-7,9-10H,8H2,1-3H3,(H,21,25)(H,23,26)/b22-11+. The molecule has 11 heteroatoms. The second-order valence-electron chi connectivity index (χ2n) is 6.00. The number of carbonyl (C=O) groups excluding carboxylic acids is 2. The lowest BCUT2D eigenvalue weighted by Crippen LogP contribution is -2.21. The fourth-order valence-electron chi connectivity index (χ4n) is 2.38. The van der Waals surface area contributed by atoms with Gasteiger partial charge in [0.1, 0.15) is 0 Å². The lowest BCUT2D eigenvalue weighted by atomic mass is 10.2. The second-order valence-corrected chi connectivity index (χ2v) is 6.41. The van der Waals surface area contributed by atoms with Crippen molar-refractivity contribution in [1.29, 1.82) is 0 Å². The van der Waals surface area contributed by atoms with Gasteiger partial charge in [0.25, 0.3) is 11.6 Å². The molecule has 0 aromatic heterocycles. The Hall–Kier alpha value is -3.66. The number of nitro groups is 1. The van der Waals surface area contributed by atoms with Gasteiger partial charge in [-0.05, 0) is 31.2 Å². The van der Waals surface area contributed by atoms with Crippen molar-refractivity contribution in [3.05, 3.63) is 57.1 Å². The topological polar surface area (TPSA) is 132 Å². The molecule has 0 aliphatic rings. The van der Waals surface area contributed by atoms with Crippen LogP contribution in [0.3, 0.4) is 0 Å². The third kappa shape index (κ3) is 5.92. The number of benzene rings is 2. The Morgan fingerprint density at radius 2 is 1.83 bits per heavy atom. The highest BCUT2D eigenvalue weighted by Crippen LogP contribution is 2.28. The first kappa shape index (κ1) is 22.6. The molecule has 10 nitrogen and oxygen atoms in total. The first-order valence-electron chi connectivity index (χ1n) is 8.54. The van der Waals surface area contributed by atoms with Gasteiger partial charge in [0.15, 0.2) is 11.5 Å². The van der Waals surface area contributed by atoms with Crippen LogP contribution in [0.1, 0.15) is 23.7 Å². The Bertz CT molecular complexity index is 1010. The molecule has 0 atom stereocenters. The smallest absolute Gasteiger partial charge is 0.271 e. The van der Waals surface area contributed by atoms with Gasteiger partial charge < -0.3 is 14.8 Å². The van der Waals surface area contributed by atoms with Crippen LogP contribution in [-0.4, -0.2) is 36.7 Å². The van der Waals surface area contributed by atoms with Gasteiger partial charge in [-0.1, -0.05) is 11.6 Å². The van der Waals surface area contributed by atoms with Gasteiger partial charge in [0, 0.05) is 23.4 Å². The molecule has 0 aliphatic heterocycles. The molecule has 0 spiro atoms. The summed E-state index contributed by atoms with van der Waals surface area (Å²) in [6, 6.07) is 8.33. The Morgan fingerprint density at radius 3 is 2.47 bits per heavy atom. The van der Waals surface area contributed by atoms with Crippen LogP contribution in [0, 0.1) is 10.1 Å². The van der Waals surface area contributed by atoms with Crippen molar-refractivity contribution >= 4 is 40.5 Å². The van der Waals surface area contributed by atoms with E-state index in [0.29, 0.717) is 17.2 Å². The van der Waals surface area contributed by atoms with E-state index in [-0.39, 0.29) is 28.4 Å². The molecule has 2 aromatic rings. The van der Waals surface area contributed by atoms with Crippen LogP contribution in [0.2, 0.25) is 5.02 Å². The van der Waals surface area contributed by atoms with E-state index in [4.69, 9.17) is 21.1 Å². The Balaban J connectivity index is 2.00. The van der Waals surface area contributed by atoms with Crippen molar-refractivity contribution in [2.24, 2.45) is 5.10 Å². The SMILES string of the molecule is COc1ccc(C(=O)N/N=C(\C)CC(=O)Nc2cc([N+](=O)[O-])ccc2Cl)cc1OC. The minimum absolute atomic E-state index is 0.109. The zero-order valence-corrected chi connectivity index (χ0v) is 17.1. The summed E-state index contributed by atoms with van der Waals surface area (Å²) in [7, 11) is 2.94. The van der Waals surface area contributed by atoms with Crippen molar-refractivity contribution in [3.63, 3.8) is 0 Å². The molecule has 2 amide bonds. The predicted octanol–water partition coefficient (Wildman–Crippen LogP) is 3.40. The zero-order valence-electron chi connectivity index (χ0n) is 16.4. The highest BCUT2D eigenvalue weighted by atomic mass is 35.5. The summed E-state index contributed by atoms with van der Waals surface area (Å²) in [5.74, 6) is -0.138. The number of rotatable bonds is 8. The number of methoxy groups -OCH3 is 2. The van der Waals surface area contributed by atoms with Crippen molar-refractivity contribution in [2.75, 3.05) is 19.5 Å². The molecule has 0 fully saturated rings. The third-order valence-corrected chi connectivity index (χ3v) is 4.17. The Morgan fingerprint density at radius 1 is 1.13 bits per heavy atom. The first-order valence-corrected chi connectivity index (χ1v) is 8.92. The first-order chi connectivity index (χ1) is 14.2. The van der Waals surface area contributed by atoms with Crippen LogP contribution in [-0.2, 0) is 4.79 Å². The lowest BCUT2D eigenvalue weighted by molar-refractivity contribution is -0.384. The van der Waals surface area contributed by atoms with Gasteiger partial charge in [0.05, 0.1) is 36.3 Å². The third-order valence-electron chi connectivity index (χ3n) is 3.85. The van der Waals surface area contributed by atoms with Crippen LogP contribution < -0.4 is 20.2 Å². The summed E-state index contributed by atoms with van der Waals surface area (Å²) in [6.45, 7) is 1.55. The quantitative estimate of drug-likeness (QED) is 0.371. The van der Waals surface area contributed by atoms with E-state index < -0.39 is 16.7 Å². The van der Waals surface area contributed by atoms with Crippen molar-refractivity contribution < 1.29 is 24.0 Å². The number of non-ortho nitro benzene ring substituents is 1. The molecule has 2 rings (SSSR count). The van der Waals surface area contributed by atoms with Gasteiger partial charge in [-0.25, -0.2) is 5.43 Å². The van der Waals surface area contributed by atoms with E-state index in [2.05, 4.69) is 15.8 Å². The molecule has 2 aromatic carbocycles. The summed E-state index contributed by atoms with van der Waals surface area (Å²) in [5.41, 5.74) is 2.85. The summed E-state index contributed by atoms with van der Waals surface area (Å²) in [6.07, 6.45) is -0.161. The number of hydrogen-bond donors (Lipinski definition) is 2. The van der Waals surface area contributed by atoms with Gasteiger partial charge in [-0.2, -0.15) is 5.10 Å². The number of nitrogens with one attached hydrogen (secondary N) is 2. The largest absolute Gasteiger partial charge is 0.493 e. The fourth-order valence-corrected chi connectivity index (χ4v) is 2.54. The molecule has 158 valence electrons. The number of hydrazone groups is 1. The number of anilines is 1. The summed E-state index contributed by atoms with van der Waals surface area (Å²) in [4.78, 5) is 34.7. The lowest BCUT2D eigenvalue weighted by Gasteiger charge is -2.09. The average Bonchev–Trinajstić information content (AvgIpc) is 2.72. The molecule has 0 heterocycles. The fraction of sp³-hybridized carbons (Fsp3) is 0.211. The summed E-state index contributed by atoms with van der Waals surface area (Å²) in [5, 5.41) is 17.4. The normalized spacial score (nSPS) is 10.9. The van der Waals surface area contributed by atoms with E-state index in [9.17, 15) is 19.7 Å². The summed E-state index contributed by atoms with van der Waals surface area (Å²) >= 11 is 5.95. The average molecular weight is 435 g/mol. The number of halogens is 1. The van der Waals surface area contributed by atoms with E-state index in [0.717, 1.165) is 6.07 Å². The molecule has 0 radical (unpaired) electrons. The maximum atomic E-state index is 12.2. The van der Waals surface area contributed by atoms with E-state index >= 15 is 0 Å². The molecule has 0 unspecified atom stereocenters. The van der Waals surface area contributed by atoms with E-state index in [1.54, 1.807) is 19.1 Å². The molecule has 30 heavy (non-hydrogen) atoms. The Labute approximate surface area is 177 Å². The number of amides is 2. The number of ether oxygens (including phenoxy) is 2. The minimum Gasteiger partial charge on any atom is -0.493 e. The second kappa shape index (κ2) is 10.2. The zero-order chi connectivity index (χ0) is 22.3. The number of nitro benzene ring substituents is 1. The highest BCUT2D eigenvalue weighted by molar-refractivity contribution is 6.33. The molecule has 2 N–H and O–H groups in total. The van der Waals surface area contributed by atoms with Crippen molar-refractivity contribution in [1.82, 2.24) is 5.43 Å². The molecule has 0 bridgehead atoms. The van der Waals surface area contributed by atoms with Gasteiger partial charge in [-0.3, -0.25) is 19.7 Å². The maximum Gasteiger partial charge on any atom is 0.271 e. The van der Waals surface area contributed by atoms with Crippen LogP contribution in [0.15, 0.2) is 41.5 Å². The van der Waals surface area contributed by atoms with Gasteiger partial charge >= 0.3 is 0 Å². The van der Waals surface area contributed by atoms with Crippen molar-refractivity contribution in [3.8, 4) is 11.5 Å². The predicted molar refractivity (Wildman–Crippen MR) is 111 cm³/mol. The minimum atomic E-state index is -0.595. The highest BCUT2D eigenvalue weighted by Gasteiger charge is 2.14. The monoisotopic (exact) mass is 434 g/mol. The number of carbonyl (C=O) groups is 2. The van der Waals surface area contributed by atoms with Gasteiger partial charge in [0.2, 0.25) is 5.91 Å². The summed E-state index contributed by atoms with van der Waals surface area (Å²) < 4.78 is 10.3. The van der Waals surface area contributed by atoms with Crippen LogP contribution in [0.4, 0.5) is 11.4 Å². The van der Waals surface area contributed by atoms with Crippen LogP contribution in [0.25, 0.3) is 0 Å². The van der Waals surface area contributed by atoms with Crippen LogP contribution >= 0.6 is 11.6 Å². The van der Waals surface area contributed by atoms with E-state index in [1.165, 1.54) is 32.4 Å². The van der Waals surface area contributed by atoms with Crippen molar-refractivity contribution in [2.45, 2.75) is 13.3 Å².